The van der Waals surface area contributed by atoms with Crippen LogP contribution in [0, 0.1) is 6.92 Å². The van der Waals surface area contributed by atoms with Gasteiger partial charge in [0.15, 0.2) is 4.96 Å². The third-order valence-corrected chi connectivity index (χ3v) is 3.12. The van der Waals surface area contributed by atoms with Gasteiger partial charge in [0.05, 0.1) is 11.8 Å². The Labute approximate surface area is 87.0 Å². The molecule has 76 valence electrons. The fourth-order valence-electron chi connectivity index (χ4n) is 1.59. The van der Waals surface area contributed by atoms with Crippen LogP contribution in [0.15, 0.2) is 11.6 Å². The average molecular weight is 210 g/mol. The van der Waals surface area contributed by atoms with Crippen molar-refractivity contribution in [2.75, 3.05) is 0 Å². The van der Waals surface area contributed by atoms with E-state index in [4.69, 9.17) is 0 Å². The van der Waals surface area contributed by atoms with Gasteiger partial charge in [0.25, 0.3) is 0 Å². The SMILES string of the molecule is Cc1nc2sccn2c1CCC(C)O. The van der Waals surface area contributed by atoms with E-state index in [0.717, 1.165) is 23.5 Å². The van der Waals surface area contributed by atoms with Crippen LogP contribution in [0.3, 0.4) is 0 Å². The highest BCUT2D eigenvalue weighted by Crippen LogP contribution is 2.18. The Morgan fingerprint density at radius 1 is 1.64 bits per heavy atom. The van der Waals surface area contributed by atoms with E-state index in [0.29, 0.717) is 0 Å². The first-order valence-corrected chi connectivity index (χ1v) is 5.65. The number of nitrogens with zero attached hydrogens (tertiary/aromatic N) is 2. The normalized spacial score (nSPS) is 13.6. The van der Waals surface area contributed by atoms with Crippen molar-refractivity contribution in [2.24, 2.45) is 0 Å². The summed E-state index contributed by atoms with van der Waals surface area (Å²) in [6.45, 7) is 3.85. The average Bonchev–Trinajstić information content (AvgIpc) is 2.61. The van der Waals surface area contributed by atoms with Crippen LogP contribution < -0.4 is 0 Å². The predicted octanol–water partition coefficient (Wildman–Crippen LogP) is 2.02. The molecule has 0 fully saturated rings. The zero-order valence-corrected chi connectivity index (χ0v) is 9.21. The number of fused-ring (bicyclic) bond motifs is 1. The minimum Gasteiger partial charge on any atom is -0.393 e. The summed E-state index contributed by atoms with van der Waals surface area (Å²) in [4.78, 5) is 5.50. The molecule has 0 aliphatic rings. The Morgan fingerprint density at radius 2 is 2.43 bits per heavy atom. The molecule has 0 saturated carbocycles. The maximum absolute atomic E-state index is 9.24. The lowest BCUT2D eigenvalue weighted by atomic mass is 10.1. The standard InChI is InChI=1S/C10H14N2OS/c1-7(13)3-4-9-8(2)11-10-12(9)5-6-14-10/h5-7,13H,3-4H2,1-2H3. The second-order valence-corrected chi connectivity index (χ2v) is 4.46. The van der Waals surface area contributed by atoms with Gasteiger partial charge in [-0.1, -0.05) is 0 Å². The third kappa shape index (κ3) is 1.67. The Morgan fingerprint density at radius 3 is 3.14 bits per heavy atom. The number of hydrogen-bond acceptors (Lipinski definition) is 3. The highest BCUT2D eigenvalue weighted by Gasteiger charge is 2.09. The molecule has 0 saturated heterocycles. The third-order valence-electron chi connectivity index (χ3n) is 2.36. The Balaban J connectivity index is 2.29. The van der Waals surface area contributed by atoms with Crippen molar-refractivity contribution in [1.82, 2.24) is 9.38 Å². The van der Waals surface area contributed by atoms with Crippen LogP contribution in [0.1, 0.15) is 24.7 Å². The summed E-state index contributed by atoms with van der Waals surface area (Å²) in [5, 5.41) is 11.3. The topological polar surface area (TPSA) is 37.5 Å². The zero-order valence-electron chi connectivity index (χ0n) is 8.40. The summed E-state index contributed by atoms with van der Waals surface area (Å²) in [6, 6.07) is 0. The second kappa shape index (κ2) is 3.71. The van der Waals surface area contributed by atoms with Crippen LogP contribution >= 0.6 is 11.3 Å². The van der Waals surface area contributed by atoms with Gasteiger partial charge in [-0.05, 0) is 26.7 Å². The first kappa shape index (κ1) is 9.68. The van der Waals surface area contributed by atoms with Crippen LogP contribution in [0.5, 0.6) is 0 Å². The quantitative estimate of drug-likeness (QED) is 0.841. The van der Waals surface area contributed by atoms with Gasteiger partial charge in [0.1, 0.15) is 0 Å². The van der Waals surface area contributed by atoms with Crippen LogP contribution in [0.4, 0.5) is 0 Å². The summed E-state index contributed by atoms with van der Waals surface area (Å²) in [6.07, 6.45) is 3.49. The highest BCUT2D eigenvalue weighted by atomic mass is 32.1. The molecule has 4 heteroatoms. The molecular formula is C10H14N2OS. The molecule has 0 aliphatic carbocycles. The molecule has 14 heavy (non-hydrogen) atoms. The van der Waals surface area contributed by atoms with Gasteiger partial charge in [-0.3, -0.25) is 4.40 Å². The fourth-order valence-corrected chi connectivity index (χ4v) is 2.37. The molecule has 0 radical (unpaired) electrons. The first-order chi connectivity index (χ1) is 6.68. The molecule has 2 aromatic rings. The number of aliphatic hydroxyl groups excluding tert-OH is 1. The van der Waals surface area contributed by atoms with Crippen molar-refractivity contribution in [1.29, 1.82) is 0 Å². The summed E-state index contributed by atoms with van der Waals surface area (Å²) in [7, 11) is 0. The van der Waals surface area contributed by atoms with Gasteiger partial charge >= 0.3 is 0 Å². The lowest BCUT2D eigenvalue weighted by Crippen LogP contribution is -2.03. The van der Waals surface area contributed by atoms with Crippen molar-refractivity contribution in [3.63, 3.8) is 0 Å². The summed E-state index contributed by atoms with van der Waals surface area (Å²) in [5.41, 5.74) is 2.31. The minimum absolute atomic E-state index is 0.237. The first-order valence-electron chi connectivity index (χ1n) is 4.77. The van der Waals surface area contributed by atoms with Crippen molar-refractivity contribution in [2.45, 2.75) is 32.8 Å². The molecule has 0 bridgehead atoms. The number of thiazole rings is 1. The van der Waals surface area contributed by atoms with Gasteiger partial charge in [0.2, 0.25) is 0 Å². The molecular weight excluding hydrogens is 196 g/mol. The van der Waals surface area contributed by atoms with E-state index in [2.05, 4.69) is 9.38 Å². The molecule has 2 rings (SSSR count). The van der Waals surface area contributed by atoms with Crippen molar-refractivity contribution >= 4 is 16.3 Å². The lowest BCUT2D eigenvalue weighted by Gasteiger charge is -2.03. The maximum Gasteiger partial charge on any atom is 0.194 e. The monoisotopic (exact) mass is 210 g/mol. The van der Waals surface area contributed by atoms with E-state index < -0.39 is 0 Å². The van der Waals surface area contributed by atoms with Gasteiger partial charge < -0.3 is 5.11 Å². The molecule has 2 heterocycles. The number of imidazole rings is 1. The van der Waals surface area contributed by atoms with Crippen LogP contribution in [0.25, 0.3) is 4.96 Å². The van der Waals surface area contributed by atoms with Gasteiger partial charge in [0, 0.05) is 17.3 Å². The van der Waals surface area contributed by atoms with Crippen molar-refractivity contribution in [3.05, 3.63) is 23.0 Å². The summed E-state index contributed by atoms with van der Waals surface area (Å²) >= 11 is 1.65. The second-order valence-electron chi connectivity index (χ2n) is 3.59. The van der Waals surface area contributed by atoms with Crippen LogP contribution in [0.2, 0.25) is 0 Å². The Hall–Kier alpha value is -0.870. The molecule has 3 nitrogen and oxygen atoms in total. The molecule has 0 aromatic carbocycles. The van der Waals surface area contributed by atoms with E-state index in [1.807, 2.05) is 25.4 Å². The highest BCUT2D eigenvalue weighted by molar-refractivity contribution is 7.15. The molecule has 0 aliphatic heterocycles. The predicted molar refractivity (Wildman–Crippen MR) is 57.8 cm³/mol. The summed E-state index contributed by atoms with van der Waals surface area (Å²) < 4.78 is 2.11. The number of aryl methyl sites for hydroxylation is 2. The fraction of sp³-hybridized carbons (Fsp3) is 0.500. The number of hydrogen-bond donors (Lipinski definition) is 1. The zero-order chi connectivity index (χ0) is 10.1. The molecule has 2 aromatic heterocycles. The van der Waals surface area contributed by atoms with E-state index in [-0.39, 0.29) is 6.10 Å². The molecule has 1 unspecified atom stereocenters. The molecule has 1 atom stereocenters. The number of rotatable bonds is 3. The van der Waals surface area contributed by atoms with E-state index in [1.54, 1.807) is 11.3 Å². The van der Waals surface area contributed by atoms with Crippen LogP contribution in [-0.4, -0.2) is 20.6 Å². The van der Waals surface area contributed by atoms with Crippen molar-refractivity contribution in [3.8, 4) is 0 Å². The Bertz CT molecular complexity index is 430. The van der Waals surface area contributed by atoms with Crippen molar-refractivity contribution < 1.29 is 5.11 Å². The van der Waals surface area contributed by atoms with E-state index in [1.165, 1.54) is 5.69 Å². The summed E-state index contributed by atoms with van der Waals surface area (Å²) in [5.74, 6) is 0. The van der Waals surface area contributed by atoms with Gasteiger partial charge in [-0.25, -0.2) is 4.98 Å². The number of aliphatic hydroxyl groups is 1. The Kier molecular flexibility index (Phi) is 2.56. The lowest BCUT2D eigenvalue weighted by molar-refractivity contribution is 0.184. The minimum atomic E-state index is -0.237. The van der Waals surface area contributed by atoms with Gasteiger partial charge in [-0.15, -0.1) is 11.3 Å². The molecule has 1 N–H and O–H groups in total. The maximum atomic E-state index is 9.24. The van der Waals surface area contributed by atoms with E-state index >= 15 is 0 Å². The molecule has 0 amide bonds. The van der Waals surface area contributed by atoms with Crippen LogP contribution in [-0.2, 0) is 6.42 Å². The number of aromatic nitrogens is 2. The largest absolute Gasteiger partial charge is 0.393 e. The molecule has 0 spiro atoms. The van der Waals surface area contributed by atoms with Gasteiger partial charge in [-0.2, -0.15) is 0 Å². The van der Waals surface area contributed by atoms with E-state index in [9.17, 15) is 5.11 Å². The smallest absolute Gasteiger partial charge is 0.194 e.